The van der Waals surface area contributed by atoms with Crippen LogP contribution in [-0.4, -0.2) is 12.0 Å². The first kappa shape index (κ1) is 17.4. The third-order valence-electron chi connectivity index (χ3n) is 2.95. The van der Waals surface area contributed by atoms with Gasteiger partial charge in [0.1, 0.15) is 11.6 Å². The van der Waals surface area contributed by atoms with Crippen LogP contribution in [0.4, 0.5) is 4.39 Å². The average Bonchev–Trinajstić information content (AvgIpc) is 2.92. The number of thioether (sulfide) groups is 1. The Kier molecular flexibility index (Phi) is 5.98. The van der Waals surface area contributed by atoms with E-state index in [-0.39, 0.29) is 11.3 Å². The summed E-state index contributed by atoms with van der Waals surface area (Å²) in [6.07, 6.45) is 0. The highest BCUT2D eigenvalue weighted by molar-refractivity contribution is 8.00. The van der Waals surface area contributed by atoms with Gasteiger partial charge < -0.3 is 10.5 Å². The number of hydrogen-bond acceptors (Lipinski definition) is 3. The summed E-state index contributed by atoms with van der Waals surface area (Å²) in [6, 6.07) is 7.98. The lowest BCUT2D eigenvalue weighted by molar-refractivity contribution is 0.303. The lowest BCUT2D eigenvalue weighted by Gasteiger charge is -2.12. The molecular weight excluding hydrogens is 344 g/mol. The van der Waals surface area contributed by atoms with Gasteiger partial charge in [0, 0.05) is 17.7 Å². The van der Waals surface area contributed by atoms with Crippen LogP contribution in [-0.2, 0) is 0 Å². The Morgan fingerprint density at radius 2 is 1.86 bits per heavy atom. The molecule has 22 heavy (non-hydrogen) atoms. The number of ether oxygens (including phenoxy) is 1. The van der Waals surface area contributed by atoms with Gasteiger partial charge in [0.15, 0.2) is 5.44 Å². The highest BCUT2D eigenvalue weighted by Crippen LogP contribution is 2.49. The fraction of sp³-hybridized carbons (Fsp3) is 0.250. The van der Waals surface area contributed by atoms with E-state index in [4.69, 9.17) is 33.7 Å². The van der Waals surface area contributed by atoms with Gasteiger partial charge in [0.2, 0.25) is 0 Å². The molecule has 1 heterocycles. The summed E-state index contributed by atoms with van der Waals surface area (Å²) in [6.45, 7) is 4.34. The Morgan fingerprint density at radius 3 is 2.45 bits per heavy atom. The van der Waals surface area contributed by atoms with Gasteiger partial charge in [-0.2, -0.15) is 0 Å². The number of hydrogen-bond donors (Lipinski definition) is 1. The topological polar surface area (TPSA) is 35.2 Å². The van der Waals surface area contributed by atoms with E-state index in [9.17, 15) is 4.39 Å². The summed E-state index contributed by atoms with van der Waals surface area (Å²) >= 11 is 13.8. The van der Waals surface area contributed by atoms with Crippen LogP contribution in [0.1, 0.15) is 13.8 Å². The third kappa shape index (κ3) is 3.35. The van der Waals surface area contributed by atoms with Crippen LogP contribution in [0, 0.1) is 5.82 Å². The lowest BCUT2D eigenvalue weighted by Crippen LogP contribution is -2.19. The predicted octanol–water partition coefficient (Wildman–Crippen LogP) is 5.60. The molecule has 118 valence electrons. The van der Waals surface area contributed by atoms with Gasteiger partial charge >= 0.3 is 0 Å². The first-order chi connectivity index (χ1) is 10.6. The predicted molar refractivity (Wildman–Crippen MR) is 92.5 cm³/mol. The standard InChI is InChI=1S/C14H10Cl2FNOS.C2H6/c15-9-2-1-3-10(16)13(9)8-4-7(17)5-11-14(8)19-12(6-18)20-11;1-2/h1-5,12H,6,18H2;1-2H3. The van der Waals surface area contributed by atoms with E-state index < -0.39 is 0 Å². The van der Waals surface area contributed by atoms with Crippen LogP contribution in [0.3, 0.4) is 0 Å². The second-order valence-corrected chi connectivity index (χ2v) is 6.29. The Hall–Kier alpha value is -0.940. The smallest absolute Gasteiger partial charge is 0.161 e. The maximum absolute atomic E-state index is 13.8. The van der Waals surface area contributed by atoms with Crippen LogP contribution in [0.2, 0.25) is 10.0 Å². The molecule has 2 N–H and O–H groups in total. The maximum Gasteiger partial charge on any atom is 0.161 e. The quantitative estimate of drug-likeness (QED) is 0.758. The van der Waals surface area contributed by atoms with Gasteiger partial charge in [-0.15, -0.1) is 0 Å². The minimum absolute atomic E-state index is 0.216. The Morgan fingerprint density at radius 1 is 1.23 bits per heavy atom. The summed E-state index contributed by atoms with van der Waals surface area (Å²) in [5.74, 6) is 0.227. The number of fused-ring (bicyclic) bond motifs is 1. The zero-order valence-electron chi connectivity index (χ0n) is 12.2. The van der Waals surface area contributed by atoms with Crippen molar-refractivity contribution in [2.75, 3.05) is 6.54 Å². The van der Waals surface area contributed by atoms with Gasteiger partial charge in [0.25, 0.3) is 0 Å². The van der Waals surface area contributed by atoms with E-state index >= 15 is 0 Å². The highest BCUT2D eigenvalue weighted by Gasteiger charge is 2.28. The highest BCUT2D eigenvalue weighted by atomic mass is 35.5. The SMILES string of the molecule is CC.NCC1Oc2c(cc(F)cc2-c2c(Cl)cccc2Cl)S1. The molecular formula is C16H16Cl2FNOS. The molecule has 0 fully saturated rings. The summed E-state index contributed by atoms with van der Waals surface area (Å²) in [4.78, 5) is 0.714. The second kappa shape index (κ2) is 7.55. The molecule has 0 aromatic heterocycles. The molecule has 0 saturated heterocycles. The van der Waals surface area contributed by atoms with Crippen LogP contribution >= 0.6 is 35.0 Å². The molecule has 0 bridgehead atoms. The average molecular weight is 360 g/mol. The molecule has 6 heteroatoms. The van der Waals surface area contributed by atoms with Crippen molar-refractivity contribution in [3.63, 3.8) is 0 Å². The fourth-order valence-corrected chi connectivity index (χ4v) is 3.68. The maximum atomic E-state index is 13.8. The number of benzene rings is 2. The molecule has 0 amide bonds. The van der Waals surface area contributed by atoms with E-state index in [0.717, 1.165) is 0 Å². The van der Waals surface area contributed by atoms with Crippen LogP contribution in [0.25, 0.3) is 11.1 Å². The van der Waals surface area contributed by atoms with E-state index in [1.54, 1.807) is 18.2 Å². The molecule has 1 aliphatic heterocycles. The zero-order chi connectivity index (χ0) is 16.3. The first-order valence-electron chi connectivity index (χ1n) is 6.91. The Labute approximate surface area is 143 Å². The van der Waals surface area contributed by atoms with Crippen molar-refractivity contribution >= 4 is 35.0 Å². The van der Waals surface area contributed by atoms with Crippen molar-refractivity contribution in [2.24, 2.45) is 5.73 Å². The Bertz CT molecular complexity index is 661. The monoisotopic (exact) mass is 359 g/mol. The third-order valence-corrected chi connectivity index (χ3v) is 4.69. The Balaban J connectivity index is 0.000000847. The van der Waals surface area contributed by atoms with Crippen molar-refractivity contribution in [1.82, 2.24) is 0 Å². The molecule has 2 nitrogen and oxygen atoms in total. The zero-order valence-corrected chi connectivity index (χ0v) is 14.5. The number of nitrogens with two attached hydrogens (primary N) is 1. The normalized spacial score (nSPS) is 15.6. The minimum atomic E-state index is -0.358. The molecule has 2 aromatic rings. The van der Waals surface area contributed by atoms with Gasteiger partial charge in [-0.05, 0) is 24.3 Å². The van der Waals surface area contributed by atoms with Crippen LogP contribution in [0.5, 0.6) is 5.75 Å². The van der Waals surface area contributed by atoms with Gasteiger partial charge in [-0.3, -0.25) is 0 Å². The summed E-state index contributed by atoms with van der Waals surface area (Å²) in [5.41, 5.74) is 6.52. The molecule has 0 aliphatic carbocycles. The van der Waals surface area contributed by atoms with E-state index in [1.807, 2.05) is 13.8 Å². The fourth-order valence-electron chi connectivity index (χ4n) is 2.11. The molecule has 0 saturated carbocycles. The molecule has 0 radical (unpaired) electrons. The summed E-state index contributed by atoms with van der Waals surface area (Å²) in [7, 11) is 0. The van der Waals surface area contributed by atoms with Crippen LogP contribution < -0.4 is 10.5 Å². The van der Waals surface area contributed by atoms with E-state index in [1.165, 1.54) is 23.9 Å². The van der Waals surface area contributed by atoms with Gasteiger partial charge in [0.05, 0.1) is 14.9 Å². The second-order valence-electron chi connectivity index (χ2n) is 4.28. The molecule has 1 unspecified atom stereocenters. The van der Waals surface area contributed by atoms with Crippen molar-refractivity contribution in [3.8, 4) is 16.9 Å². The minimum Gasteiger partial charge on any atom is -0.476 e. The number of halogens is 3. The summed E-state index contributed by atoms with van der Waals surface area (Å²) < 4.78 is 19.6. The lowest BCUT2D eigenvalue weighted by atomic mass is 10.0. The van der Waals surface area contributed by atoms with Crippen LogP contribution in [0.15, 0.2) is 35.2 Å². The molecule has 0 spiro atoms. The van der Waals surface area contributed by atoms with Crippen molar-refractivity contribution in [1.29, 1.82) is 0 Å². The van der Waals surface area contributed by atoms with Crippen molar-refractivity contribution in [2.45, 2.75) is 24.2 Å². The van der Waals surface area contributed by atoms with E-state index in [2.05, 4.69) is 0 Å². The van der Waals surface area contributed by atoms with E-state index in [0.29, 0.717) is 38.4 Å². The van der Waals surface area contributed by atoms with Gasteiger partial charge in [-0.25, -0.2) is 4.39 Å². The van der Waals surface area contributed by atoms with Crippen molar-refractivity contribution < 1.29 is 9.13 Å². The largest absolute Gasteiger partial charge is 0.476 e. The molecule has 1 aliphatic rings. The molecule has 2 aromatic carbocycles. The van der Waals surface area contributed by atoms with Gasteiger partial charge in [-0.1, -0.05) is 54.9 Å². The molecule has 1 atom stereocenters. The summed E-state index contributed by atoms with van der Waals surface area (Å²) in [5, 5.41) is 0.908. The number of rotatable bonds is 2. The van der Waals surface area contributed by atoms with Crippen molar-refractivity contribution in [3.05, 3.63) is 46.2 Å². The first-order valence-corrected chi connectivity index (χ1v) is 8.55. The molecule has 3 rings (SSSR count).